The zero-order valence-corrected chi connectivity index (χ0v) is 15.2. The molecular formula is C20H21FN2O2S. The number of aromatic nitrogens is 1. The van der Waals surface area contributed by atoms with Gasteiger partial charge in [-0.1, -0.05) is 6.07 Å². The Kier molecular flexibility index (Phi) is 4.54. The van der Waals surface area contributed by atoms with Crippen LogP contribution in [0.25, 0.3) is 10.9 Å². The van der Waals surface area contributed by atoms with Crippen molar-refractivity contribution >= 4 is 20.9 Å². The third-order valence-electron chi connectivity index (χ3n) is 5.05. The van der Waals surface area contributed by atoms with Crippen LogP contribution < -0.4 is 4.72 Å². The van der Waals surface area contributed by atoms with Gasteiger partial charge in [-0.25, -0.2) is 17.5 Å². The van der Waals surface area contributed by atoms with Crippen LogP contribution in [-0.4, -0.2) is 19.9 Å². The highest BCUT2D eigenvalue weighted by Gasteiger charge is 2.17. The molecule has 1 aliphatic rings. The fraction of sp³-hybridized carbons (Fsp3) is 0.300. The van der Waals surface area contributed by atoms with Crippen molar-refractivity contribution in [2.45, 2.75) is 37.0 Å². The summed E-state index contributed by atoms with van der Waals surface area (Å²) in [6.45, 7) is 0.267. The smallest absolute Gasteiger partial charge is 0.240 e. The molecule has 1 aliphatic carbocycles. The average Bonchev–Trinajstić information content (AvgIpc) is 3.03. The van der Waals surface area contributed by atoms with Gasteiger partial charge in [0.1, 0.15) is 5.82 Å². The summed E-state index contributed by atoms with van der Waals surface area (Å²) in [6.07, 6.45) is 6.55. The Morgan fingerprint density at radius 2 is 1.85 bits per heavy atom. The van der Waals surface area contributed by atoms with Crippen molar-refractivity contribution in [3.8, 4) is 0 Å². The largest absolute Gasteiger partial charge is 0.361 e. The second kappa shape index (κ2) is 6.85. The van der Waals surface area contributed by atoms with Gasteiger partial charge in [0.15, 0.2) is 0 Å². The zero-order valence-electron chi connectivity index (χ0n) is 14.4. The van der Waals surface area contributed by atoms with E-state index in [9.17, 15) is 12.8 Å². The average molecular weight is 372 g/mol. The van der Waals surface area contributed by atoms with Crippen LogP contribution in [-0.2, 0) is 29.3 Å². The number of fused-ring (bicyclic) bond motifs is 2. The van der Waals surface area contributed by atoms with Gasteiger partial charge in [-0.05, 0) is 79.1 Å². The van der Waals surface area contributed by atoms with Crippen LogP contribution in [0.3, 0.4) is 0 Å². The Morgan fingerprint density at radius 3 is 2.69 bits per heavy atom. The molecule has 2 N–H and O–H groups in total. The number of nitrogens with one attached hydrogen (secondary N) is 2. The Hall–Kier alpha value is -2.18. The SMILES string of the molecule is O=S(=O)(NCCc1c[nH]c2ccc(F)cc12)c1ccc2c(c1)CCCC2. The van der Waals surface area contributed by atoms with Gasteiger partial charge in [-0.2, -0.15) is 0 Å². The molecule has 0 atom stereocenters. The van der Waals surface area contributed by atoms with E-state index in [1.54, 1.807) is 24.4 Å². The topological polar surface area (TPSA) is 62.0 Å². The van der Waals surface area contributed by atoms with Crippen LogP contribution in [0.2, 0.25) is 0 Å². The van der Waals surface area contributed by atoms with E-state index in [1.807, 2.05) is 6.07 Å². The molecule has 0 radical (unpaired) electrons. The van der Waals surface area contributed by atoms with E-state index in [1.165, 1.54) is 24.1 Å². The number of halogens is 1. The fourth-order valence-corrected chi connectivity index (χ4v) is 4.72. The number of sulfonamides is 1. The van der Waals surface area contributed by atoms with E-state index < -0.39 is 10.0 Å². The first-order chi connectivity index (χ1) is 12.5. The van der Waals surface area contributed by atoms with Gasteiger partial charge in [0.05, 0.1) is 4.90 Å². The Morgan fingerprint density at radius 1 is 1.04 bits per heavy atom. The quantitative estimate of drug-likeness (QED) is 0.717. The number of hydrogen-bond donors (Lipinski definition) is 2. The standard InChI is InChI=1S/C20H21FN2O2S/c21-17-6-8-20-19(12-17)16(13-22-20)9-10-23-26(24,25)18-7-5-14-3-1-2-4-15(14)11-18/h5-8,11-13,22-23H,1-4,9-10H2. The summed E-state index contributed by atoms with van der Waals surface area (Å²) in [5.41, 5.74) is 4.15. The van der Waals surface area contributed by atoms with E-state index in [0.29, 0.717) is 11.3 Å². The molecule has 26 heavy (non-hydrogen) atoms. The van der Waals surface area contributed by atoms with Crippen molar-refractivity contribution in [1.29, 1.82) is 0 Å². The van der Waals surface area contributed by atoms with E-state index in [-0.39, 0.29) is 12.4 Å². The van der Waals surface area contributed by atoms with Gasteiger partial charge >= 0.3 is 0 Å². The van der Waals surface area contributed by atoms with E-state index >= 15 is 0 Å². The van der Waals surface area contributed by atoms with Crippen molar-refractivity contribution in [2.75, 3.05) is 6.54 Å². The first-order valence-corrected chi connectivity index (χ1v) is 10.4. The van der Waals surface area contributed by atoms with Crippen molar-refractivity contribution in [2.24, 2.45) is 0 Å². The van der Waals surface area contributed by atoms with Crippen molar-refractivity contribution in [3.05, 3.63) is 65.1 Å². The molecule has 0 fully saturated rings. The van der Waals surface area contributed by atoms with Crippen molar-refractivity contribution < 1.29 is 12.8 Å². The highest BCUT2D eigenvalue weighted by Crippen LogP contribution is 2.24. The van der Waals surface area contributed by atoms with Crippen LogP contribution in [0.4, 0.5) is 4.39 Å². The number of hydrogen-bond acceptors (Lipinski definition) is 2. The molecule has 0 saturated carbocycles. The summed E-state index contributed by atoms with van der Waals surface area (Å²) in [4.78, 5) is 3.41. The van der Waals surface area contributed by atoms with Gasteiger partial charge in [0.25, 0.3) is 0 Å². The van der Waals surface area contributed by atoms with E-state index in [0.717, 1.165) is 41.3 Å². The summed E-state index contributed by atoms with van der Waals surface area (Å²) in [6, 6.07) is 9.99. The molecule has 1 aromatic heterocycles. The van der Waals surface area contributed by atoms with Crippen LogP contribution in [0.5, 0.6) is 0 Å². The van der Waals surface area contributed by atoms with Gasteiger partial charge in [-0.15, -0.1) is 0 Å². The first-order valence-electron chi connectivity index (χ1n) is 8.90. The highest BCUT2D eigenvalue weighted by atomic mass is 32.2. The maximum absolute atomic E-state index is 13.4. The minimum Gasteiger partial charge on any atom is -0.361 e. The van der Waals surface area contributed by atoms with Crippen LogP contribution in [0.15, 0.2) is 47.5 Å². The lowest BCUT2D eigenvalue weighted by molar-refractivity contribution is 0.581. The molecule has 0 saturated heterocycles. The molecule has 0 bridgehead atoms. The van der Waals surface area contributed by atoms with Crippen molar-refractivity contribution in [3.63, 3.8) is 0 Å². The number of aryl methyl sites for hydroxylation is 2. The minimum absolute atomic E-state index is 0.267. The third kappa shape index (κ3) is 3.39. The molecule has 0 aliphatic heterocycles. The summed E-state index contributed by atoms with van der Waals surface area (Å²) < 4.78 is 41.3. The van der Waals surface area contributed by atoms with Gasteiger partial charge in [0.2, 0.25) is 10.0 Å². The van der Waals surface area contributed by atoms with Crippen LogP contribution in [0, 0.1) is 5.82 Å². The Bertz CT molecular complexity index is 1060. The lowest BCUT2D eigenvalue weighted by Gasteiger charge is -2.16. The molecular weight excluding hydrogens is 351 g/mol. The molecule has 4 rings (SSSR count). The number of rotatable bonds is 5. The molecule has 3 aromatic rings. The first kappa shape index (κ1) is 17.2. The molecule has 2 aromatic carbocycles. The lowest BCUT2D eigenvalue weighted by atomic mass is 9.92. The summed E-state index contributed by atoms with van der Waals surface area (Å²) in [5.74, 6) is -0.298. The maximum atomic E-state index is 13.4. The molecule has 1 heterocycles. The number of benzene rings is 2. The summed E-state index contributed by atoms with van der Waals surface area (Å²) in [7, 11) is -3.54. The Labute approximate surface area is 152 Å². The molecule has 0 unspecified atom stereocenters. The number of aromatic amines is 1. The Balaban J connectivity index is 1.47. The summed E-state index contributed by atoms with van der Waals surface area (Å²) in [5, 5.41) is 0.790. The molecule has 4 nitrogen and oxygen atoms in total. The molecule has 0 spiro atoms. The van der Waals surface area contributed by atoms with E-state index in [4.69, 9.17) is 0 Å². The predicted molar refractivity (Wildman–Crippen MR) is 100 cm³/mol. The molecule has 136 valence electrons. The van der Waals surface area contributed by atoms with Gasteiger partial charge < -0.3 is 4.98 Å². The molecule has 0 amide bonds. The zero-order chi connectivity index (χ0) is 18.1. The monoisotopic (exact) mass is 372 g/mol. The third-order valence-corrected chi connectivity index (χ3v) is 6.50. The fourth-order valence-electron chi connectivity index (χ4n) is 3.64. The highest BCUT2D eigenvalue weighted by molar-refractivity contribution is 7.89. The van der Waals surface area contributed by atoms with Crippen LogP contribution >= 0.6 is 0 Å². The van der Waals surface area contributed by atoms with Gasteiger partial charge in [-0.3, -0.25) is 0 Å². The van der Waals surface area contributed by atoms with Gasteiger partial charge in [0, 0.05) is 23.6 Å². The normalized spacial score (nSPS) is 14.5. The summed E-state index contributed by atoms with van der Waals surface area (Å²) >= 11 is 0. The van der Waals surface area contributed by atoms with Crippen LogP contribution in [0.1, 0.15) is 29.5 Å². The second-order valence-electron chi connectivity index (χ2n) is 6.79. The minimum atomic E-state index is -3.54. The number of H-pyrrole nitrogens is 1. The van der Waals surface area contributed by atoms with E-state index in [2.05, 4.69) is 9.71 Å². The lowest BCUT2D eigenvalue weighted by Crippen LogP contribution is -2.26. The molecule has 6 heteroatoms. The van der Waals surface area contributed by atoms with Crippen molar-refractivity contribution in [1.82, 2.24) is 9.71 Å². The predicted octanol–water partition coefficient (Wildman–Crippen LogP) is 3.71. The second-order valence-corrected chi connectivity index (χ2v) is 8.56. The maximum Gasteiger partial charge on any atom is 0.240 e.